The van der Waals surface area contributed by atoms with Gasteiger partial charge in [-0.15, -0.1) is 5.10 Å². The van der Waals surface area contributed by atoms with Gasteiger partial charge in [0.1, 0.15) is 0 Å². The molecule has 0 spiro atoms. The summed E-state index contributed by atoms with van der Waals surface area (Å²) >= 11 is 3.43. The number of nitrogens with one attached hydrogen (secondary N) is 1. The first-order valence-corrected chi connectivity index (χ1v) is 7.59. The number of halogens is 1. The minimum Gasteiger partial charge on any atom is -0.353 e. The van der Waals surface area contributed by atoms with Gasteiger partial charge in [-0.25, -0.2) is 4.52 Å². The average molecular weight is 324 g/mol. The molecule has 1 fully saturated rings. The Morgan fingerprint density at radius 2 is 2.11 bits per heavy atom. The van der Waals surface area contributed by atoms with Crippen LogP contribution in [-0.2, 0) is 0 Å². The SMILES string of the molecule is Brc1ccc2nc(NCCCN3CCCC3)nn2c1. The molecule has 0 aliphatic carbocycles. The molecule has 2 aromatic rings. The molecule has 5 nitrogen and oxygen atoms in total. The van der Waals surface area contributed by atoms with E-state index in [1.165, 1.54) is 32.5 Å². The van der Waals surface area contributed by atoms with Crippen LogP contribution in [0.5, 0.6) is 0 Å². The highest BCUT2D eigenvalue weighted by atomic mass is 79.9. The molecular weight excluding hydrogens is 306 g/mol. The van der Waals surface area contributed by atoms with Crippen LogP contribution in [0.1, 0.15) is 19.3 Å². The number of anilines is 1. The third-order valence-electron chi connectivity index (χ3n) is 3.43. The maximum absolute atomic E-state index is 4.43. The van der Waals surface area contributed by atoms with E-state index < -0.39 is 0 Å². The molecule has 0 radical (unpaired) electrons. The molecular formula is C13H18BrN5. The zero-order valence-electron chi connectivity index (χ0n) is 10.8. The highest BCUT2D eigenvalue weighted by Crippen LogP contribution is 2.12. The lowest BCUT2D eigenvalue weighted by Gasteiger charge is -2.13. The van der Waals surface area contributed by atoms with Crippen LogP contribution in [0.4, 0.5) is 5.95 Å². The van der Waals surface area contributed by atoms with Crippen molar-refractivity contribution in [1.29, 1.82) is 0 Å². The molecule has 1 saturated heterocycles. The van der Waals surface area contributed by atoms with Gasteiger partial charge in [-0.3, -0.25) is 0 Å². The third-order valence-corrected chi connectivity index (χ3v) is 3.90. The van der Waals surface area contributed by atoms with Gasteiger partial charge in [0.2, 0.25) is 5.95 Å². The van der Waals surface area contributed by atoms with E-state index in [0.717, 1.165) is 23.1 Å². The summed E-state index contributed by atoms with van der Waals surface area (Å²) in [7, 11) is 0. The molecule has 3 heterocycles. The Kier molecular flexibility index (Phi) is 3.98. The Hall–Kier alpha value is -1.14. The second-order valence-electron chi connectivity index (χ2n) is 4.91. The number of hydrogen-bond donors (Lipinski definition) is 1. The monoisotopic (exact) mass is 323 g/mol. The maximum atomic E-state index is 4.43. The van der Waals surface area contributed by atoms with E-state index >= 15 is 0 Å². The largest absolute Gasteiger partial charge is 0.353 e. The maximum Gasteiger partial charge on any atom is 0.243 e. The van der Waals surface area contributed by atoms with Crippen molar-refractivity contribution >= 4 is 27.5 Å². The van der Waals surface area contributed by atoms with Crippen molar-refractivity contribution in [2.75, 3.05) is 31.5 Å². The lowest BCUT2D eigenvalue weighted by molar-refractivity contribution is 0.337. The Bertz CT molecular complexity index is 547. The highest BCUT2D eigenvalue weighted by molar-refractivity contribution is 9.10. The number of pyridine rings is 1. The predicted octanol–water partition coefficient (Wildman–Crippen LogP) is 2.39. The van der Waals surface area contributed by atoms with E-state index in [0.29, 0.717) is 5.95 Å². The Morgan fingerprint density at radius 3 is 2.95 bits per heavy atom. The Labute approximate surface area is 121 Å². The van der Waals surface area contributed by atoms with Crippen molar-refractivity contribution in [1.82, 2.24) is 19.5 Å². The van der Waals surface area contributed by atoms with E-state index in [4.69, 9.17) is 0 Å². The summed E-state index contributed by atoms with van der Waals surface area (Å²) in [6.07, 6.45) is 5.77. The van der Waals surface area contributed by atoms with Gasteiger partial charge in [0, 0.05) is 17.2 Å². The molecule has 1 aliphatic heterocycles. The van der Waals surface area contributed by atoms with Crippen molar-refractivity contribution in [3.63, 3.8) is 0 Å². The van der Waals surface area contributed by atoms with Gasteiger partial charge in [-0.05, 0) is 67.0 Å². The fraction of sp³-hybridized carbons (Fsp3) is 0.538. The molecule has 3 rings (SSSR count). The summed E-state index contributed by atoms with van der Waals surface area (Å²) in [4.78, 5) is 6.95. The van der Waals surface area contributed by atoms with E-state index in [1.54, 1.807) is 4.52 Å². The van der Waals surface area contributed by atoms with Crippen molar-refractivity contribution in [3.05, 3.63) is 22.8 Å². The number of hydrogen-bond acceptors (Lipinski definition) is 4. The molecule has 0 saturated carbocycles. The van der Waals surface area contributed by atoms with E-state index in [9.17, 15) is 0 Å². The summed E-state index contributed by atoms with van der Waals surface area (Å²) in [5.74, 6) is 0.708. The molecule has 0 atom stereocenters. The van der Waals surface area contributed by atoms with Crippen LogP contribution in [0.15, 0.2) is 22.8 Å². The summed E-state index contributed by atoms with van der Waals surface area (Å²) in [6.45, 7) is 4.63. The van der Waals surface area contributed by atoms with Crippen LogP contribution in [0.25, 0.3) is 5.65 Å². The first-order chi connectivity index (χ1) is 9.31. The fourth-order valence-corrected chi connectivity index (χ4v) is 2.77. The number of aromatic nitrogens is 3. The first kappa shape index (κ1) is 12.9. The standard InChI is InChI=1S/C13H18BrN5/c14-11-4-5-12-16-13(17-19(12)10-11)15-6-3-9-18-7-1-2-8-18/h4-5,10H,1-3,6-9H2,(H,15,17). The average Bonchev–Trinajstić information content (AvgIpc) is 3.02. The third kappa shape index (κ3) is 3.25. The normalized spacial score (nSPS) is 16.3. The van der Waals surface area contributed by atoms with Crippen LogP contribution >= 0.6 is 15.9 Å². The number of rotatable bonds is 5. The van der Waals surface area contributed by atoms with Crippen LogP contribution < -0.4 is 5.32 Å². The minimum atomic E-state index is 0.708. The predicted molar refractivity (Wildman–Crippen MR) is 79.5 cm³/mol. The first-order valence-electron chi connectivity index (χ1n) is 6.79. The molecule has 1 aliphatic rings. The van der Waals surface area contributed by atoms with Crippen LogP contribution in [-0.4, -0.2) is 45.7 Å². The van der Waals surface area contributed by atoms with Crippen LogP contribution in [0.3, 0.4) is 0 Å². The van der Waals surface area contributed by atoms with Gasteiger partial charge in [0.05, 0.1) is 0 Å². The number of likely N-dealkylation sites (tertiary alicyclic amines) is 1. The van der Waals surface area contributed by atoms with Gasteiger partial charge in [0.25, 0.3) is 0 Å². The zero-order chi connectivity index (χ0) is 13.1. The van der Waals surface area contributed by atoms with Crippen molar-refractivity contribution in [2.45, 2.75) is 19.3 Å². The topological polar surface area (TPSA) is 45.5 Å². The molecule has 0 bridgehead atoms. The number of fused-ring (bicyclic) bond motifs is 1. The molecule has 1 N–H and O–H groups in total. The van der Waals surface area contributed by atoms with Gasteiger partial charge in [-0.2, -0.15) is 4.98 Å². The van der Waals surface area contributed by atoms with Gasteiger partial charge >= 0.3 is 0 Å². The smallest absolute Gasteiger partial charge is 0.243 e. The molecule has 0 unspecified atom stereocenters. The minimum absolute atomic E-state index is 0.708. The van der Waals surface area contributed by atoms with Gasteiger partial charge in [-0.1, -0.05) is 0 Å². The lowest BCUT2D eigenvalue weighted by atomic mass is 10.4. The quantitative estimate of drug-likeness (QED) is 0.858. The second-order valence-corrected chi connectivity index (χ2v) is 5.83. The van der Waals surface area contributed by atoms with Gasteiger partial charge in [0.15, 0.2) is 5.65 Å². The Balaban J connectivity index is 1.50. The molecule has 0 aromatic carbocycles. The van der Waals surface area contributed by atoms with E-state index in [1.807, 2.05) is 18.3 Å². The fourth-order valence-electron chi connectivity index (χ4n) is 2.44. The van der Waals surface area contributed by atoms with E-state index in [2.05, 4.69) is 36.2 Å². The highest BCUT2D eigenvalue weighted by Gasteiger charge is 2.10. The van der Waals surface area contributed by atoms with Gasteiger partial charge < -0.3 is 10.2 Å². The molecule has 0 amide bonds. The molecule has 2 aromatic heterocycles. The summed E-state index contributed by atoms with van der Waals surface area (Å²) in [5, 5.41) is 7.69. The molecule has 19 heavy (non-hydrogen) atoms. The van der Waals surface area contributed by atoms with Crippen LogP contribution in [0, 0.1) is 0 Å². The molecule has 6 heteroatoms. The van der Waals surface area contributed by atoms with Crippen molar-refractivity contribution in [2.24, 2.45) is 0 Å². The summed E-state index contributed by atoms with van der Waals surface area (Å²) in [6, 6.07) is 3.92. The molecule has 102 valence electrons. The number of nitrogens with zero attached hydrogens (tertiary/aromatic N) is 4. The van der Waals surface area contributed by atoms with Crippen LogP contribution in [0.2, 0.25) is 0 Å². The second kappa shape index (κ2) is 5.88. The lowest BCUT2D eigenvalue weighted by Crippen LogP contribution is -2.22. The summed E-state index contributed by atoms with van der Waals surface area (Å²) in [5.41, 5.74) is 0.866. The summed E-state index contributed by atoms with van der Waals surface area (Å²) < 4.78 is 2.79. The van der Waals surface area contributed by atoms with Crippen molar-refractivity contribution in [3.8, 4) is 0 Å². The zero-order valence-corrected chi connectivity index (χ0v) is 12.4. The van der Waals surface area contributed by atoms with Crippen molar-refractivity contribution < 1.29 is 0 Å². The Morgan fingerprint density at radius 1 is 1.26 bits per heavy atom. The van der Waals surface area contributed by atoms with E-state index in [-0.39, 0.29) is 0 Å².